The van der Waals surface area contributed by atoms with Crippen molar-refractivity contribution < 1.29 is 14.3 Å². The summed E-state index contributed by atoms with van der Waals surface area (Å²) >= 11 is 0. The van der Waals surface area contributed by atoms with Crippen molar-refractivity contribution in [1.29, 1.82) is 0 Å². The molecule has 1 aliphatic carbocycles. The van der Waals surface area contributed by atoms with Gasteiger partial charge in [0.1, 0.15) is 11.6 Å². The lowest BCUT2D eigenvalue weighted by molar-refractivity contribution is 0.112. The van der Waals surface area contributed by atoms with Crippen LogP contribution in [0.3, 0.4) is 0 Å². The summed E-state index contributed by atoms with van der Waals surface area (Å²) in [5.41, 5.74) is 8.14. The Balaban J connectivity index is 1.75. The van der Waals surface area contributed by atoms with E-state index in [2.05, 4.69) is 13.0 Å². The summed E-state index contributed by atoms with van der Waals surface area (Å²) in [5.74, 6) is -0.165. The first-order valence-electron chi connectivity index (χ1n) is 9.24. The Morgan fingerprint density at radius 2 is 1.78 bits per heavy atom. The van der Waals surface area contributed by atoms with Crippen molar-refractivity contribution in [2.45, 2.75) is 32.6 Å². The fourth-order valence-electron chi connectivity index (χ4n) is 4.19. The van der Waals surface area contributed by atoms with E-state index < -0.39 is 0 Å². The number of fused-ring (bicyclic) bond motifs is 1. The Labute approximate surface area is 158 Å². The number of phenols is 1. The van der Waals surface area contributed by atoms with Gasteiger partial charge in [-0.05, 0) is 89.8 Å². The second-order valence-electron chi connectivity index (χ2n) is 7.17. The minimum absolute atomic E-state index is 0.0768. The van der Waals surface area contributed by atoms with Crippen molar-refractivity contribution in [2.24, 2.45) is 0 Å². The van der Waals surface area contributed by atoms with Crippen molar-refractivity contribution in [2.75, 3.05) is 0 Å². The van der Waals surface area contributed by atoms with Crippen molar-refractivity contribution >= 4 is 6.29 Å². The van der Waals surface area contributed by atoms with Crippen molar-refractivity contribution in [1.82, 2.24) is 0 Å². The van der Waals surface area contributed by atoms with Crippen LogP contribution in [0.5, 0.6) is 5.75 Å². The molecule has 0 fully saturated rings. The van der Waals surface area contributed by atoms with Crippen LogP contribution < -0.4 is 0 Å². The molecule has 0 bridgehead atoms. The molecule has 4 rings (SSSR count). The van der Waals surface area contributed by atoms with Gasteiger partial charge in [-0.1, -0.05) is 30.3 Å². The molecule has 0 heterocycles. The number of aldehydes is 1. The second kappa shape index (κ2) is 6.99. The van der Waals surface area contributed by atoms with Gasteiger partial charge in [-0.3, -0.25) is 4.79 Å². The van der Waals surface area contributed by atoms with Gasteiger partial charge in [0.05, 0.1) is 5.56 Å². The first kappa shape index (κ1) is 17.5. The summed E-state index contributed by atoms with van der Waals surface area (Å²) in [5, 5.41) is 10.3. The van der Waals surface area contributed by atoms with Crippen LogP contribution in [-0.2, 0) is 19.3 Å². The van der Waals surface area contributed by atoms with Gasteiger partial charge in [-0.25, -0.2) is 4.39 Å². The summed E-state index contributed by atoms with van der Waals surface area (Å²) in [6, 6.07) is 14.4. The minimum Gasteiger partial charge on any atom is -0.507 e. The standard InChI is InChI=1S/C24H21FO2/c1-15-17(4-2-5-20(15)16-8-10-19(25)11-9-16)12-18-13-24(27)23(14-26)22-7-3-6-21(18)22/h2,4-5,8-11,13-14,27H,3,6-7,12H2,1H3. The maximum atomic E-state index is 13.2. The minimum atomic E-state index is -0.242. The van der Waals surface area contributed by atoms with Crippen LogP contribution in [0.2, 0.25) is 0 Å². The molecule has 0 aromatic heterocycles. The third-order valence-electron chi connectivity index (χ3n) is 5.62. The van der Waals surface area contributed by atoms with Gasteiger partial charge in [-0.15, -0.1) is 0 Å². The lowest BCUT2D eigenvalue weighted by atomic mass is 9.89. The number of rotatable bonds is 4. The molecule has 0 spiro atoms. The monoisotopic (exact) mass is 360 g/mol. The Morgan fingerprint density at radius 1 is 1.04 bits per heavy atom. The number of halogens is 1. The van der Waals surface area contributed by atoms with E-state index in [1.165, 1.54) is 23.3 Å². The lowest BCUT2D eigenvalue weighted by Crippen LogP contribution is -2.01. The third-order valence-corrected chi connectivity index (χ3v) is 5.62. The number of benzene rings is 3. The smallest absolute Gasteiger partial charge is 0.154 e. The first-order chi connectivity index (χ1) is 13.1. The molecule has 0 aliphatic heterocycles. The normalized spacial score (nSPS) is 12.8. The van der Waals surface area contributed by atoms with Crippen LogP contribution in [0.4, 0.5) is 4.39 Å². The predicted octanol–water partition coefficient (Wildman–Crippen LogP) is 5.40. The van der Waals surface area contributed by atoms with E-state index in [0.29, 0.717) is 12.0 Å². The average molecular weight is 360 g/mol. The van der Waals surface area contributed by atoms with Crippen molar-refractivity contribution in [3.63, 3.8) is 0 Å². The van der Waals surface area contributed by atoms with E-state index in [9.17, 15) is 14.3 Å². The molecule has 0 amide bonds. The van der Waals surface area contributed by atoms with Gasteiger partial charge in [0.15, 0.2) is 6.29 Å². The quantitative estimate of drug-likeness (QED) is 0.633. The number of carbonyl (C=O) groups excluding carboxylic acids is 1. The van der Waals surface area contributed by atoms with Crippen molar-refractivity contribution in [3.8, 4) is 16.9 Å². The Morgan fingerprint density at radius 3 is 2.52 bits per heavy atom. The Bertz CT molecular complexity index is 1020. The number of hydrogen-bond donors (Lipinski definition) is 1. The highest BCUT2D eigenvalue weighted by Crippen LogP contribution is 2.35. The van der Waals surface area contributed by atoms with Gasteiger partial charge >= 0.3 is 0 Å². The molecule has 0 atom stereocenters. The summed E-state index contributed by atoms with van der Waals surface area (Å²) < 4.78 is 13.2. The zero-order valence-electron chi connectivity index (χ0n) is 15.3. The largest absolute Gasteiger partial charge is 0.507 e. The highest BCUT2D eigenvalue weighted by molar-refractivity contribution is 5.83. The number of aromatic hydroxyl groups is 1. The molecule has 0 saturated heterocycles. The second-order valence-corrected chi connectivity index (χ2v) is 7.17. The lowest BCUT2D eigenvalue weighted by Gasteiger charge is -2.16. The summed E-state index contributed by atoms with van der Waals surface area (Å²) in [4.78, 5) is 11.3. The van der Waals surface area contributed by atoms with Crippen LogP contribution >= 0.6 is 0 Å². The Hall–Kier alpha value is -2.94. The molecule has 3 aromatic rings. The highest BCUT2D eigenvalue weighted by atomic mass is 19.1. The van der Waals surface area contributed by atoms with E-state index in [0.717, 1.165) is 53.4 Å². The SMILES string of the molecule is Cc1c(Cc2cc(O)c(C=O)c3c2CCC3)cccc1-c1ccc(F)cc1. The summed E-state index contributed by atoms with van der Waals surface area (Å²) in [6.45, 7) is 2.08. The van der Waals surface area contributed by atoms with E-state index in [1.807, 2.05) is 12.1 Å². The van der Waals surface area contributed by atoms with E-state index in [1.54, 1.807) is 18.2 Å². The molecule has 3 heteroatoms. The zero-order chi connectivity index (χ0) is 19.0. The molecule has 27 heavy (non-hydrogen) atoms. The van der Waals surface area contributed by atoms with Crippen LogP contribution in [0.25, 0.3) is 11.1 Å². The molecular formula is C24H21FO2. The fourth-order valence-corrected chi connectivity index (χ4v) is 4.19. The number of carbonyl (C=O) groups is 1. The maximum Gasteiger partial charge on any atom is 0.154 e. The van der Waals surface area contributed by atoms with Crippen LogP contribution in [0, 0.1) is 12.7 Å². The van der Waals surface area contributed by atoms with Crippen LogP contribution in [-0.4, -0.2) is 11.4 Å². The molecule has 2 nitrogen and oxygen atoms in total. The Kier molecular flexibility index (Phi) is 4.53. The summed E-state index contributed by atoms with van der Waals surface area (Å²) in [6.07, 6.45) is 4.28. The molecule has 136 valence electrons. The first-order valence-corrected chi connectivity index (χ1v) is 9.24. The van der Waals surface area contributed by atoms with E-state index in [4.69, 9.17) is 0 Å². The molecule has 0 saturated carbocycles. The van der Waals surface area contributed by atoms with E-state index in [-0.39, 0.29) is 11.6 Å². The zero-order valence-corrected chi connectivity index (χ0v) is 15.3. The van der Waals surface area contributed by atoms with Gasteiger partial charge in [0.2, 0.25) is 0 Å². The van der Waals surface area contributed by atoms with Crippen LogP contribution in [0.15, 0.2) is 48.5 Å². The fraction of sp³-hybridized carbons (Fsp3) is 0.208. The maximum absolute atomic E-state index is 13.2. The summed E-state index contributed by atoms with van der Waals surface area (Å²) in [7, 11) is 0. The number of hydrogen-bond acceptors (Lipinski definition) is 2. The third kappa shape index (κ3) is 3.14. The predicted molar refractivity (Wildman–Crippen MR) is 105 cm³/mol. The van der Waals surface area contributed by atoms with Gasteiger partial charge < -0.3 is 5.11 Å². The van der Waals surface area contributed by atoms with Crippen molar-refractivity contribution in [3.05, 3.63) is 87.7 Å². The highest BCUT2D eigenvalue weighted by Gasteiger charge is 2.22. The van der Waals surface area contributed by atoms with Crippen LogP contribution in [0.1, 0.15) is 44.6 Å². The van der Waals surface area contributed by atoms with E-state index >= 15 is 0 Å². The number of phenolic OH excluding ortho intramolecular Hbond substituents is 1. The molecule has 3 aromatic carbocycles. The topological polar surface area (TPSA) is 37.3 Å². The van der Waals surface area contributed by atoms with Gasteiger partial charge in [0.25, 0.3) is 0 Å². The molecular weight excluding hydrogens is 339 g/mol. The molecule has 0 radical (unpaired) electrons. The molecule has 1 N–H and O–H groups in total. The van der Waals surface area contributed by atoms with Gasteiger partial charge in [-0.2, -0.15) is 0 Å². The molecule has 0 unspecified atom stereocenters. The van der Waals surface area contributed by atoms with Gasteiger partial charge in [0, 0.05) is 0 Å². The average Bonchev–Trinajstić information content (AvgIpc) is 3.14. The molecule has 1 aliphatic rings.